The lowest BCUT2D eigenvalue weighted by molar-refractivity contribution is 0.588. The van der Waals surface area contributed by atoms with E-state index >= 15 is 0 Å². The Hall–Kier alpha value is -1.86. The molecule has 0 saturated heterocycles. The summed E-state index contributed by atoms with van der Waals surface area (Å²) in [5.41, 5.74) is 0.733. The van der Waals surface area contributed by atoms with Gasteiger partial charge >= 0.3 is 0 Å². The number of benzene rings is 1. The molecule has 1 atom stereocenters. The molecular formula is C13H18N4O2S. The maximum atomic E-state index is 11.8. The molecule has 1 heterocycles. The fraction of sp³-hybridized carbons (Fsp3) is 0.308. The predicted molar refractivity (Wildman–Crippen MR) is 77.9 cm³/mol. The number of hydrogen-bond acceptors (Lipinski definition) is 4. The molecule has 0 radical (unpaired) electrons. The topological polar surface area (TPSA) is 76.0 Å². The van der Waals surface area contributed by atoms with Crippen LogP contribution in [0, 0.1) is 0 Å². The summed E-state index contributed by atoms with van der Waals surface area (Å²) in [4.78, 5) is 4.50. The minimum absolute atomic E-state index is 0.0254. The van der Waals surface area contributed by atoms with Gasteiger partial charge in [-0.2, -0.15) is 0 Å². The van der Waals surface area contributed by atoms with E-state index in [0.717, 1.165) is 11.5 Å². The molecule has 0 fully saturated rings. The second-order valence-electron chi connectivity index (χ2n) is 4.50. The van der Waals surface area contributed by atoms with E-state index in [1.807, 2.05) is 30.8 Å². The Morgan fingerprint density at radius 3 is 2.70 bits per heavy atom. The van der Waals surface area contributed by atoms with E-state index in [-0.39, 0.29) is 10.9 Å². The Morgan fingerprint density at radius 2 is 2.10 bits per heavy atom. The molecule has 6 nitrogen and oxygen atoms in total. The van der Waals surface area contributed by atoms with E-state index in [1.165, 1.54) is 7.05 Å². The molecule has 1 unspecified atom stereocenters. The van der Waals surface area contributed by atoms with Crippen molar-refractivity contribution in [2.75, 3.05) is 12.4 Å². The zero-order chi connectivity index (χ0) is 14.8. The van der Waals surface area contributed by atoms with Crippen LogP contribution >= 0.6 is 0 Å². The fourth-order valence-electron chi connectivity index (χ4n) is 1.98. The van der Waals surface area contributed by atoms with Crippen molar-refractivity contribution in [3.05, 3.63) is 42.5 Å². The maximum Gasteiger partial charge on any atom is 0.240 e. The van der Waals surface area contributed by atoms with Crippen molar-refractivity contribution in [1.29, 1.82) is 0 Å². The van der Waals surface area contributed by atoms with Crippen LogP contribution in [0.15, 0.2) is 41.6 Å². The van der Waals surface area contributed by atoms with Crippen molar-refractivity contribution >= 4 is 15.7 Å². The van der Waals surface area contributed by atoms with Crippen LogP contribution in [0.5, 0.6) is 0 Å². The lowest BCUT2D eigenvalue weighted by atomic mass is 10.2. The number of rotatable bonds is 5. The SMILES string of the molecule is CNS(=O)(=O)c1cccc(NC(C)c2nccn2C)c1. The lowest BCUT2D eigenvalue weighted by Gasteiger charge is -2.15. The highest BCUT2D eigenvalue weighted by molar-refractivity contribution is 7.89. The highest BCUT2D eigenvalue weighted by atomic mass is 32.2. The number of aryl methyl sites for hydroxylation is 1. The van der Waals surface area contributed by atoms with Gasteiger partial charge in [-0.05, 0) is 32.2 Å². The largest absolute Gasteiger partial charge is 0.375 e. The van der Waals surface area contributed by atoms with Crippen molar-refractivity contribution < 1.29 is 8.42 Å². The molecule has 2 rings (SSSR count). The fourth-order valence-corrected chi connectivity index (χ4v) is 2.76. The van der Waals surface area contributed by atoms with Gasteiger partial charge in [0, 0.05) is 25.1 Å². The molecule has 2 N–H and O–H groups in total. The minimum Gasteiger partial charge on any atom is -0.375 e. The number of nitrogens with one attached hydrogen (secondary N) is 2. The number of sulfonamides is 1. The van der Waals surface area contributed by atoms with E-state index in [2.05, 4.69) is 15.0 Å². The first-order valence-electron chi connectivity index (χ1n) is 6.21. The Bertz CT molecular complexity index is 694. The van der Waals surface area contributed by atoms with Crippen molar-refractivity contribution in [3.8, 4) is 0 Å². The van der Waals surface area contributed by atoms with Crippen molar-refractivity contribution in [3.63, 3.8) is 0 Å². The third-order valence-electron chi connectivity index (χ3n) is 3.04. The predicted octanol–water partition coefficient (Wildman–Crippen LogP) is 1.50. The number of anilines is 1. The van der Waals surface area contributed by atoms with Crippen LogP contribution in [0.1, 0.15) is 18.8 Å². The first-order valence-corrected chi connectivity index (χ1v) is 7.69. The second kappa shape index (κ2) is 5.64. The Kier molecular flexibility index (Phi) is 4.10. The van der Waals surface area contributed by atoms with Gasteiger partial charge in [0.1, 0.15) is 5.82 Å². The first kappa shape index (κ1) is 14.5. The van der Waals surface area contributed by atoms with E-state index < -0.39 is 10.0 Å². The van der Waals surface area contributed by atoms with Gasteiger partial charge in [0.05, 0.1) is 10.9 Å². The van der Waals surface area contributed by atoms with E-state index in [9.17, 15) is 8.42 Å². The van der Waals surface area contributed by atoms with E-state index in [1.54, 1.807) is 24.4 Å². The third-order valence-corrected chi connectivity index (χ3v) is 4.45. The third kappa shape index (κ3) is 3.00. The molecule has 0 aliphatic heterocycles. The Morgan fingerprint density at radius 1 is 1.35 bits per heavy atom. The highest BCUT2D eigenvalue weighted by Gasteiger charge is 2.14. The molecule has 0 bridgehead atoms. The molecule has 2 aromatic rings. The molecule has 0 saturated carbocycles. The average Bonchev–Trinajstić information content (AvgIpc) is 2.85. The van der Waals surface area contributed by atoms with Crippen LogP contribution in [0.4, 0.5) is 5.69 Å². The number of imidazole rings is 1. The molecule has 0 aliphatic rings. The van der Waals surface area contributed by atoms with E-state index in [4.69, 9.17) is 0 Å². The summed E-state index contributed by atoms with van der Waals surface area (Å²) in [6, 6.07) is 6.67. The van der Waals surface area contributed by atoms with Gasteiger partial charge in [-0.25, -0.2) is 18.1 Å². The van der Waals surface area contributed by atoms with Crippen LogP contribution in [0.3, 0.4) is 0 Å². The summed E-state index contributed by atoms with van der Waals surface area (Å²) in [6.07, 6.45) is 3.60. The molecular weight excluding hydrogens is 276 g/mol. The lowest BCUT2D eigenvalue weighted by Crippen LogP contribution is -2.19. The smallest absolute Gasteiger partial charge is 0.240 e. The molecule has 108 valence electrons. The van der Waals surface area contributed by atoms with Gasteiger partial charge in [0.2, 0.25) is 10.0 Å². The van der Waals surface area contributed by atoms with Gasteiger partial charge in [-0.1, -0.05) is 6.07 Å². The van der Waals surface area contributed by atoms with Gasteiger partial charge in [0.15, 0.2) is 0 Å². The van der Waals surface area contributed by atoms with Gasteiger partial charge < -0.3 is 9.88 Å². The van der Waals surface area contributed by atoms with Crippen molar-refractivity contribution in [2.45, 2.75) is 17.9 Å². The summed E-state index contributed by atoms with van der Waals surface area (Å²) in [7, 11) is -0.115. The van der Waals surface area contributed by atoms with Crippen LogP contribution in [-0.2, 0) is 17.1 Å². The number of nitrogens with zero attached hydrogens (tertiary/aromatic N) is 2. The molecule has 0 spiro atoms. The number of aromatic nitrogens is 2. The molecule has 1 aromatic carbocycles. The van der Waals surface area contributed by atoms with Crippen LogP contribution in [-0.4, -0.2) is 25.0 Å². The standard InChI is InChI=1S/C13H18N4O2S/c1-10(13-15-7-8-17(13)3)16-11-5-4-6-12(9-11)20(18,19)14-2/h4-10,14,16H,1-3H3. The monoisotopic (exact) mass is 294 g/mol. The van der Waals surface area contributed by atoms with E-state index in [0.29, 0.717) is 0 Å². The van der Waals surface area contributed by atoms with Crippen LogP contribution in [0.2, 0.25) is 0 Å². The summed E-state index contributed by atoms with van der Waals surface area (Å²) < 4.78 is 27.8. The Labute approximate surface area is 118 Å². The normalized spacial score (nSPS) is 13.2. The van der Waals surface area contributed by atoms with Crippen LogP contribution in [0.25, 0.3) is 0 Å². The second-order valence-corrected chi connectivity index (χ2v) is 6.38. The summed E-state index contributed by atoms with van der Waals surface area (Å²) >= 11 is 0. The summed E-state index contributed by atoms with van der Waals surface area (Å²) in [6.45, 7) is 1.97. The molecule has 7 heteroatoms. The first-order chi connectivity index (χ1) is 9.44. The Balaban J connectivity index is 2.23. The summed E-state index contributed by atoms with van der Waals surface area (Å²) in [5, 5.41) is 3.25. The maximum absolute atomic E-state index is 11.8. The minimum atomic E-state index is -3.43. The molecule has 20 heavy (non-hydrogen) atoms. The highest BCUT2D eigenvalue weighted by Crippen LogP contribution is 2.20. The zero-order valence-electron chi connectivity index (χ0n) is 11.7. The van der Waals surface area contributed by atoms with Crippen molar-refractivity contribution in [1.82, 2.24) is 14.3 Å². The van der Waals surface area contributed by atoms with Gasteiger partial charge in [-0.15, -0.1) is 0 Å². The zero-order valence-corrected chi connectivity index (χ0v) is 12.5. The quantitative estimate of drug-likeness (QED) is 0.876. The molecule has 1 aromatic heterocycles. The van der Waals surface area contributed by atoms with Gasteiger partial charge in [-0.3, -0.25) is 0 Å². The molecule has 0 aliphatic carbocycles. The van der Waals surface area contributed by atoms with Crippen molar-refractivity contribution in [2.24, 2.45) is 7.05 Å². The number of hydrogen-bond donors (Lipinski definition) is 2. The summed E-state index contributed by atoms with van der Waals surface area (Å²) in [5.74, 6) is 0.881. The van der Waals surface area contributed by atoms with Gasteiger partial charge in [0.25, 0.3) is 0 Å². The molecule has 0 amide bonds. The average molecular weight is 294 g/mol. The van der Waals surface area contributed by atoms with Crippen LogP contribution < -0.4 is 10.0 Å².